The van der Waals surface area contributed by atoms with Crippen molar-refractivity contribution in [1.82, 2.24) is 4.98 Å². The number of nitrogens with zero attached hydrogens (tertiary/aromatic N) is 1. The Balaban J connectivity index is 2.42. The van der Waals surface area contributed by atoms with Crippen molar-refractivity contribution in [2.24, 2.45) is 0 Å². The molecule has 2 N–H and O–H groups in total. The third-order valence-electron chi connectivity index (χ3n) is 1.51. The average Bonchev–Trinajstić information content (AvgIpc) is 2.16. The highest BCUT2D eigenvalue weighted by Crippen LogP contribution is 2.05. The van der Waals surface area contributed by atoms with E-state index in [4.69, 9.17) is 5.11 Å². The molecule has 0 aliphatic rings. The second-order valence-corrected chi connectivity index (χ2v) is 2.64. The van der Waals surface area contributed by atoms with Gasteiger partial charge in [0.2, 0.25) is 0 Å². The van der Waals surface area contributed by atoms with Crippen LogP contribution in [0.5, 0.6) is 0 Å². The molecule has 0 spiro atoms. The SMILES string of the molecule is OC(CNc1ccc(F)cn1)C(F)F. The van der Waals surface area contributed by atoms with Crippen molar-refractivity contribution in [2.45, 2.75) is 12.5 Å². The van der Waals surface area contributed by atoms with Crippen LogP contribution >= 0.6 is 0 Å². The summed E-state index contributed by atoms with van der Waals surface area (Å²) in [6, 6.07) is 2.44. The summed E-state index contributed by atoms with van der Waals surface area (Å²) in [5.74, 6) is -0.268. The molecule has 3 nitrogen and oxygen atoms in total. The first kappa shape index (κ1) is 10.8. The number of pyridine rings is 1. The Hall–Kier alpha value is -1.30. The molecule has 78 valence electrons. The summed E-state index contributed by atoms with van der Waals surface area (Å²) in [4.78, 5) is 3.57. The maximum atomic E-state index is 12.4. The molecule has 1 unspecified atom stereocenters. The molecule has 14 heavy (non-hydrogen) atoms. The monoisotopic (exact) mass is 206 g/mol. The predicted octanol–water partition coefficient (Wildman–Crippen LogP) is 1.26. The lowest BCUT2D eigenvalue weighted by Crippen LogP contribution is -2.27. The van der Waals surface area contributed by atoms with E-state index >= 15 is 0 Å². The van der Waals surface area contributed by atoms with Gasteiger partial charge in [-0.05, 0) is 12.1 Å². The second kappa shape index (κ2) is 4.80. The summed E-state index contributed by atoms with van der Waals surface area (Å²) in [6.45, 7) is -0.323. The predicted molar refractivity (Wildman–Crippen MR) is 44.7 cm³/mol. The van der Waals surface area contributed by atoms with Gasteiger partial charge in [0.25, 0.3) is 6.43 Å². The van der Waals surface area contributed by atoms with E-state index in [0.29, 0.717) is 0 Å². The van der Waals surface area contributed by atoms with Crippen molar-refractivity contribution in [2.75, 3.05) is 11.9 Å². The van der Waals surface area contributed by atoms with Gasteiger partial charge in [-0.3, -0.25) is 0 Å². The lowest BCUT2D eigenvalue weighted by molar-refractivity contribution is 0.00380. The Morgan fingerprint density at radius 1 is 1.43 bits per heavy atom. The number of halogens is 3. The van der Waals surface area contributed by atoms with E-state index in [1.54, 1.807) is 0 Å². The maximum absolute atomic E-state index is 12.4. The number of hydrogen-bond acceptors (Lipinski definition) is 3. The lowest BCUT2D eigenvalue weighted by Gasteiger charge is -2.10. The van der Waals surface area contributed by atoms with Gasteiger partial charge in [0.15, 0.2) is 0 Å². The maximum Gasteiger partial charge on any atom is 0.265 e. The van der Waals surface area contributed by atoms with Crippen LogP contribution in [0.1, 0.15) is 0 Å². The van der Waals surface area contributed by atoms with Crippen LogP contribution < -0.4 is 5.32 Å². The molecule has 1 aromatic heterocycles. The Kier molecular flexibility index (Phi) is 3.70. The Morgan fingerprint density at radius 2 is 2.14 bits per heavy atom. The molecule has 6 heteroatoms. The summed E-state index contributed by atoms with van der Waals surface area (Å²) in [6.07, 6.45) is -3.60. The number of aliphatic hydroxyl groups is 1. The van der Waals surface area contributed by atoms with Crippen molar-refractivity contribution >= 4 is 5.82 Å². The van der Waals surface area contributed by atoms with Gasteiger partial charge in [-0.2, -0.15) is 0 Å². The Morgan fingerprint density at radius 3 is 2.64 bits per heavy atom. The van der Waals surface area contributed by atoms with E-state index in [1.165, 1.54) is 6.07 Å². The molecule has 1 aromatic rings. The zero-order chi connectivity index (χ0) is 10.6. The summed E-state index contributed by atoms with van der Waals surface area (Å²) in [5, 5.41) is 11.2. The van der Waals surface area contributed by atoms with Gasteiger partial charge in [-0.25, -0.2) is 18.2 Å². The van der Waals surface area contributed by atoms with E-state index in [-0.39, 0.29) is 12.4 Å². The van der Waals surface area contributed by atoms with Crippen molar-refractivity contribution in [3.05, 3.63) is 24.1 Å². The number of nitrogens with one attached hydrogen (secondary N) is 1. The standard InChI is InChI=1S/C8H9F3N2O/c9-5-1-2-7(12-3-5)13-4-6(14)8(10)11/h1-3,6,8,14H,4H2,(H,12,13). The first-order valence-electron chi connectivity index (χ1n) is 3.91. The Labute approximate surface area is 78.6 Å². The number of aromatic nitrogens is 1. The van der Waals surface area contributed by atoms with Gasteiger partial charge in [0.05, 0.1) is 6.20 Å². The molecule has 1 atom stereocenters. The number of alkyl halides is 2. The highest BCUT2D eigenvalue weighted by molar-refractivity contribution is 5.33. The molecule has 0 aliphatic heterocycles. The summed E-state index contributed by atoms with van der Waals surface area (Å²) in [7, 11) is 0. The van der Waals surface area contributed by atoms with Crippen LogP contribution in [-0.4, -0.2) is 29.2 Å². The third-order valence-corrected chi connectivity index (χ3v) is 1.51. The molecule has 0 saturated carbocycles. The topological polar surface area (TPSA) is 45.1 Å². The fourth-order valence-electron chi connectivity index (χ4n) is 0.779. The van der Waals surface area contributed by atoms with Crippen LogP contribution in [-0.2, 0) is 0 Å². The number of hydrogen-bond donors (Lipinski definition) is 2. The number of rotatable bonds is 4. The highest BCUT2D eigenvalue weighted by Gasteiger charge is 2.15. The van der Waals surface area contributed by atoms with E-state index in [9.17, 15) is 13.2 Å². The molecule has 0 radical (unpaired) electrons. The van der Waals surface area contributed by atoms with Crippen LogP contribution in [0.4, 0.5) is 19.0 Å². The average molecular weight is 206 g/mol. The first-order valence-corrected chi connectivity index (χ1v) is 3.91. The van der Waals surface area contributed by atoms with Gasteiger partial charge in [0, 0.05) is 6.54 Å². The highest BCUT2D eigenvalue weighted by atomic mass is 19.3. The van der Waals surface area contributed by atoms with Crippen molar-refractivity contribution in [3.63, 3.8) is 0 Å². The van der Waals surface area contributed by atoms with Crippen LogP contribution in [0.25, 0.3) is 0 Å². The summed E-state index contributed by atoms with van der Waals surface area (Å²) in [5.41, 5.74) is 0. The van der Waals surface area contributed by atoms with Crippen LogP contribution in [0.15, 0.2) is 18.3 Å². The van der Waals surface area contributed by atoms with E-state index in [2.05, 4.69) is 10.3 Å². The molecule has 0 saturated heterocycles. The Bertz CT molecular complexity index is 278. The normalized spacial score (nSPS) is 12.9. The van der Waals surface area contributed by atoms with Crippen LogP contribution in [0, 0.1) is 5.82 Å². The van der Waals surface area contributed by atoms with Gasteiger partial charge in [0.1, 0.15) is 17.7 Å². The van der Waals surface area contributed by atoms with E-state index in [1.807, 2.05) is 0 Å². The summed E-state index contributed by atoms with van der Waals surface area (Å²) < 4.78 is 36.0. The third kappa shape index (κ3) is 3.21. The molecule has 0 aromatic carbocycles. The molecule has 1 rings (SSSR count). The lowest BCUT2D eigenvalue weighted by atomic mass is 10.3. The van der Waals surface area contributed by atoms with Gasteiger partial charge in [-0.1, -0.05) is 0 Å². The minimum atomic E-state index is -2.80. The fraction of sp³-hybridized carbons (Fsp3) is 0.375. The minimum Gasteiger partial charge on any atom is -0.385 e. The first-order chi connectivity index (χ1) is 6.59. The van der Waals surface area contributed by atoms with Gasteiger partial charge in [-0.15, -0.1) is 0 Å². The number of aliphatic hydroxyl groups excluding tert-OH is 1. The summed E-state index contributed by atoms with van der Waals surface area (Å²) >= 11 is 0. The zero-order valence-electron chi connectivity index (χ0n) is 7.12. The molecule has 0 bridgehead atoms. The van der Waals surface area contributed by atoms with Gasteiger partial charge < -0.3 is 10.4 Å². The zero-order valence-corrected chi connectivity index (χ0v) is 7.12. The van der Waals surface area contributed by atoms with Crippen molar-refractivity contribution < 1.29 is 18.3 Å². The molecule has 0 aliphatic carbocycles. The quantitative estimate of drug-likeness (QED) is 0.779. The molecule has 0 amide bonds. The molecular weight excluding hydrogens is 197 g/mol. The smallest absolute Gasteiger partial charge is 0.265 e. The number of anilines is 1. The molecule has 0 fully saturated rings. The van der Waals surface area contributed by atoms with E-state index in [0.717, 1.165) is 12.3 Å². The van der Waals surface area contributed by atoms with Gasteiger partial charge >= 0.3 is 0 Å². The molecule has 1 heterocycles. The van der Waals surface area contributed by atoms with Crippen molar-refractivity contribution in [3.8, 4) is 0 Å². The van der Waals surface area contributed by atoms with Crippen molar-refractivity contribution in [1.29, 1.82) is 0 Å². The minimum absolute atomic E-state index is 0.242. The second-order valence-electron chi connectivity index (χ2n) is 2.64. The fourth-order valence-corrected chi connectivity index (χ4v) is 0.779. The van der Waals surface area contributed by atoms with E-state index < -0.39 is 18.3 Å². The largest absolute Gasteiger partial charge is 0.385 e. The van der Waals surface area contributed by atoms with Crippen LogP contribution in [0.3, 0.4) is 0 Å². The molecular formula is C8H9F3N2O. The van der Waals surface area contributed by atoms with Crippen LogP contribution in [0.2, 0.25) is 0 Å².